The average molecular weight is 484 g/mol. The number of phenolic OH excluding ortho intramolecular Hbond substituents is 1. The molecule has 4 aromatic rings. The number of aromatic hydroxyl groups is 1. The summed E-state index contributed by atoms with van der Waals surface area (Å²) in [6.45, 7) is 4.39. The number of benzene rings is 3. The molecule has 0 amide bonds. The van der Waals surface area contributed by atoms with Gasteiger partial charge in [-0.2, -0.15) is 0 Å². The van der Waals surface area contributed by atoms with Crippen LogP contribution in [-0.2, 0) is 0 Å². The summed E-state index contributed by atoms with van der Waals surface area (Å²) >= 11 is 9.32. The monoisotopic (exact) mass is 482 g/mol. The second kappa shape index (κ2) is 8.62. The van der Waals surface area contributed by atoms with E-state index in [-0.39, 0.29) is 5.75 Å². The van der Waals surface area contributed by atoms with E-state index in [4.69, 9.17) is 16.0 Å². The summed E-state index contributed by atoms with van der Waals surface area (Å²) < 4.78 is 6.46. The fraction of sp³-hybridized carbons (Fsp3) is 0.167. The van der Waals surface area contributed by atoms with Crippen molar-refractivity contribution in [2.45, 2.75) is 26.2 Å². The van der Waals surface area contributed by atoms with Gasteiger partial charge in [0.05, 0.1) is 10.2 Å². The van der Waals surface area contributed by atoms with E-state index >= 15 is 0 Å². The standard InChI is InChI=1S/C24H20BrClN2O2/c1-3-14(2)16-6-9-22-21(11-16)28-24(30-22)15-4-7-19(8-5-15)27-13-17-10-18(26)12-20(25)23(17)29/h4-14,29H,3H2,1-2H3. The van der Waals surface area contributed by atoms with Gasteiger partial charge in [0.1, 0.15) is 11.3 Å². The normalized spacial score (nSPS) is 12.7. The lowest BCUT2D eigenvalue weighted by Gasteiger charge is -2.07. The summed E-state index contributed by atoms with van der Waals surface area (Å²) in [6.07, 6.45) is 2.67. The average Bonchev–Trinajstić information content (AvgIpc) is 3.18. The van der Waals surface area contributed by atoms with Crippen LogP contribution in [0.1, 0.15) is 37.3 Å². The number of rotatable bonds is 5. The second-order valence-electron chi connectivity index (χ2n) is 7.19. The van der Waals surface area contributed by atoms with Crippen molar-refractivity contribution in [3.63, 3.8) is 0 Å². The molecule has 4 rings (SSSR count). The molecule has 30 heavy (non-hydrogen) atoms. The van der Waals surface area contributed by atoms with Gasteiger partial charge in [-0.1, -0.05) is 31.5 Å². The summed E-state index contributed by atoms with van der Waals surface area (Å²) in [5, 5.41) is 10.6. The van der Waals surface area contributed by atoms with Crippen molar-refractivity contribution in [1.29, 1.82) is 0 Å². The van der Waals surface area contributed by atoms with Crippen LogP contribution < -0.4 is 0 Å². The van der Waals surface area contributed by atoms with Crippen LogP contribution in [0.4, 0.5) is 5.69 Å². The van der Waals surface area contributed by atoms with Crippen molar-refractivity contribution in [3.05, 3.63) is 75.2 Å². The molecule has 1 heterocycles. The highest BCUT2D eigenvalue weighted by molar-refractivity contribution is 9.10. The van der Waals surface area contributed by atoms with E-state index in [2.05, 4.69) is 51.9 Å². The molecule has 0 bridgehead atoms. The summed E-state index contributed by atoms with van der Waals surface area (Å²) in [4.78, 5) is 9.08. The molecule has 0 aliphatic rings. The molecule has 0 saturated heterocycles. The van der Waals surface area contributed by atoms with Crippen LogP contribution in [0.15, 0.2) is 68.5 Å². The minimum Gasteiger partial charge on any atom is -0.506 e. The number of hydrogen-bond donors (Lipinski definition) is 1. The van der Waals surface area contributed by atoms with Crippen LogP contribution in [0.25, 0.3) is 22.6 Å². The fourth-order valence-corrected chi connectivity index (χ4v) is 3.96. The van der Waals surface area contributed by atoms with Gasteiger partial charge in [-0.15, -0.1) is 0 Å². The van der Waals surface area contributed by atoms with Crippen molar-refractivity contribution in [3.8, 4) is 17.2 Å². The molecule has 1 unspecified atom stereocenters. The Kier molecular flexibility index (Phi) is 5.93. The molecule has 152 valence electrons. The summed E-state index contributed by atoms with van der Waals surface area (Å²) in [5.74, 6) is 1.17. The third kappa shape index (κ3) is 4.27. The van der Waals surface area contributed by atoms with E-state index < -0.39 is 0 Å². The van der Waals surface area contributed by atoms with E-state index in [1.165, 1.54) is 5.56 Å². The maximum Gasteiger partial charge on any atom is 0.227 e. The third-order valence-corrected chi connectivity index (χ3v) is 5.94. The number of phenols is 1. The number of halogens is 2. The van der Waals surface area contributed by atoms with E-state index in [1.807, 2.05) is 30.3 Å². The van der Waals surface area contributed by atoms with E-state index in [1.54, 1.807) is 18.3 Å². The first kappa shape index (κ1) is 20.6. The van der Waals surface area contributed by atoms with Crippen LogP contribution in [-0.4, -0.2) is 16.3 Å². The topological polar surface area (TPSA) is 58.6 Å². The third-order valence-electron chi connectivity index (χ3n) is 5.12. The zero-order chi connectivity index (χ0) is 21.3. The molecular weight excluding hydrogens is 464 g/mol. The molecule has 1 atom stereocenters. The first-order chi connectivity index (χ1) is 14.4. The molecule has 0 radical (unpaired) electrons. The first-order valence-electron chi connectivity index (χ1n) is 9.67. The minimum absolute atomic E-state index is 0.100. The van der Waals surface area contributed by atoms with Crippen molar-refractivity contribution in [2.75, 3.05) is 0 Å². The lowest BCUT2D eigenvalue weighted by Crippen LogP contribution is -1.90. The van der Waals surface area contributed by atoms with Crippen LogP contribution in [0, 0.1) is 0 Å². The Morgan fingerprint density at radius 3 is 2.67 bits per heavy atom. The summed E-state index contributed by atoms with van der Waals surface area (Å²) in [5.41, 5.74) is 5.07. The van der Waals surface area contributed by atoms with E-state index in [0.717, 1.165) is 28.8 Å². The molecule has 0 fully saturated rings. The molecule has 0 aliphatic heterocycles. The Hall–Kier alpha value is -2.63. The lowest BCUT2D eigenvalue weighted by atomic mass is 9.98. The van der Waals surface area contributed by atoms with Crippen molar-refractivity contribution >= 4 is 50.5 Å². The Bertz CT molecular complexity index is 1230. The van der Waals surface area contributed by atoms with E-state index in [9.17, 15) is 5.11 Å². The number of aromatic nitrogens is 1. The molecular formula is C24H20BrClN2O2. The first-order valence-corrected chi connectivity index (χ1v) is 10.8. The fourth-order valence-electron chi connectivity index (χ4n) is 3.13. The molecule has 4 nitrogen and oxygen atoms in total. The number of oxazole rings is 1. The Labute approximate surface area is 188 Å². The highest BCUT2D eigenvalue weighted by Crippen LogP contribution is 2.31. The SMILES string of the molecule is CCC(C)c1ccc2oc(-c3ccc(N=Cc4cc(Cl)cc(Br)c4O)cc3)nc2c1. The summed E-state index contributed by atoms with van der Waals surface area (Å²) in [7, 11) is 0. The Morgan fingerprint density at radius 2 is 1.93 bits per heavy atom. The summed E-state index contributed by atoms with van der Waals surface area (Å²) in [6, 6.07) is 17.1. The van der Waals surface area contributed by atoms with Gasteiger partial charge >= 0.3 is 0 Å². The molecule has 1 N–H and O–H groups in total. The number of nitrogens with zero attached hydrogens (tertiary/aromatic N) is 2. The zero-order valence-corrected chi connectivity index (χ0v) is 18.9. The van der Waals surface area contributed by atoms with Gasteiger partial charge in [-0.05, 0) is 82.4 Å². The highest BCUT2D eigenvalue weighted by Gasteiger charge is 2.11. The molecule has 3 aromatic carbocycles. The van der Waals surface area contributed by atoms with Crippen molar-refractivity contribution < 1.29 is 9.52 Å². The molecule has 0 aliphatic carbocycles. The quantitative estimate of drug-likeness (QED) is 0.294. The lowest BCUT2D eigenvalue weighted by molar-refractivity contribution is 0.471. The predicted molar refractivity (Wildman–Crippen MR) is 126 cm³/mol. The van der Waals surface area contributed by atoms with Gasteiger partial charge in [0.2, 0.25) is 5.89 Å². The molecule has 0 saturated carbocycles. The second-order valence-corrected chi connectivity index (χ2v) is 8.48. The molecule has 0 spiro atoms. The van der Waals surface area contributed by atoms with Gasteiger partial charge in [0.25, 0.3) is 0 Å². The van der Waals surface area contributed by atoms with Crippen LogP contribution in [0.3, 0.4) is 0 Å². The van der Waals surface area contributed by atoms with Crippen LogP contribution in [0.5, 0.6) is 5.75 Å². The number of aliphatic imine (C=N–C) groups is 1. The maximum atomic E-state index is 10.1. The van der Waals surface area contributed by atoms with Crippen molar-refractivity contribution in [1.82, 2.24) is 4.98 Å². The molecule has 1 aromatic heterocycles. The van der Waals surface area contributed by atoms with E-state index in [0.29, 0.717) is 26.9 Å². The molecule has 6 heteroatoms. The smallest absolute Gasteiger partial charge is 0.227 e. The largest absolute Gasteiger partial charge is 0.506 e. The van der Waals surface area contributed by atoms with Crippen molar-refractivity contribution in [2.24, 2.45) is 4.99 Å². The van der Waals surface area contributed by atoms with Gasteiger partial charge in [-0.25, -0.2) is 4.98 Å². The highest BCUT2D eigenvalue weighted by atomic mass is 79.9. The van der Waals surface area contributed by atoms with Gasteiger partial charge in [0, 0.05) is 22.4 Å². The van der Waals surface area contributed by atoms with Gasteiger partial charge < -0.3 is 9.52 Å². The maximum absolute atomic E-state index is 10.1. The van der Waals surface area contributed by atoms with Crippen LogP contribution >= 0.6 is 27.5 Å². The van der Waals surface area contributed by atoms with Gasteiger partial charge in [0.15, 0.2) is 5.58 Å². The van der Waals surface area contributed by atoms with Crippen LogP contribution in [0.2, 0.25) is 5.02 Å². The number of hydrogen-bond acceptors (Lipinski definition) is 4. The Morgan fingerprint density at radius 1 is 1.17 bits per heavy atom. The minimum atomic E-state index is 0.100. The Balaban J connectivity index is 1.58. The van der Waals surface area contributed by atoms with Gasteiger partial charge in [-0.3, -0.25) is 4.99 Å². The predicted octanol–water partition coefficient (Wildman–Crippen LogP) is 7.88. The zero-order valence-electron chi connectivity index (χ0n) is 16.6. The number of fused-ring (bicyclic) bond motifs is 1.